The zero-order valence-corrected chi connectivity index (χ0v) is 14.6. The Balaban J connectivity index is 2.35. The topological polar surface area (TPSA) is 52.6 Å². The van der Waals surface area contributed by atoms with Gasteiger partial charge in [-0.3, -0.25) is 9.59 Å². The third-order valence-electron chi connectivity index (χ3n) is 3.77. The van der Waals surface area contributed by atoms with Crippen LogP contribution >= 0.6 is 0 Å². The van der Waals surface area contributed by atoms with Gasteiger partial charge in [-0.05, 0) is 36.8 Å². The van der Waals surface area contributed by atoms with E-state index < -0.39 is 0 Å². The van der Waals surface area contributed by atoms with Crippen LogP contribution in [0.25, 0.3) is 0 Å². The van der Waals surface area contributed by atoms with Gasteiger partial charge in [0.2, 0.25) is 0 Å². The monoisotopic (exact) mass is 320 g/mol. The standard InChI is InChI=1S/C19H28O4/c1-5-15-10-7-8-11-17(15)23-19(21)13-9-12-18(20)22-16(6-2)14(3)4/h7-8,10-11,14,16H,5-6,9,12-13H2,1-4H3. The van der Waals surface area contributed by atoms with Crippen LogP contribution in [0.1, 0.15) is 58.9 Å². The minimum absolute atomic E-state index is 0.0501. The molecule has 128 valence electrons. The van der Waals surface area contributed by atoms with E-state index in [-0.39, 0.29) is 30.9 Å². The normalized spacial score (nSPS) is 12.0. The van der Waals surface area contributed by atoms with Crippen molar-refractivity contribution in [2.45, 2.75) is 65.9 Å². The van der Waals surface area contributed by atoms with E-state index in [4.69, 9.17) is 9.47 Å². The van der Waals surface area contributed by atoms with E-state index in [1.54, 1.807) is 6.07 Å². The quantitative estimate of drug-likeness (QED) is 0.503. The van der Waals surface area contributed by atoms with Crippen LogP contribution in [0.4, 0.5) is 0 Å². The Morgan fingerprint density at radius 2 is 1.70 bits per heavy atom. The first kappa shape index (κ1) is 19.2. The fraction of sp³-hybridized carbons (Fsp3) is 0.579. The van der Waals surface area contributed by atoms with Crippen molar-refractivity contribution in [2.24, 2.45) is 5.92 Å². The molecule has 1 aromatic rings. The van der Waals surface area contributed by atoms with Crippen LogP contribution in [0.3, 0.4) is 0 Å². The van der Waals surface area contributed by atoms with Crippen LogP contribution in [0.5, 0.6) is 5.75 Å². The third kappa shape index (κ3) is 6.85. The molecule has 0 saturated carbocycles. The fourth-order valence-electron chi connectivity index (χ4n) is 2.36. The highest BCUT2D eigenvalue weighted by atomic mass is 16.5. The number of ether oxygens (including phenoxy) is 2. The Hall–Kier alpha value is -1.84. The van der Waals surface area contributed by atoms with E-state index in [0.29, 0.717) is 18.1 Å². The second kappa shape index (κ2) is 10.0. The van der Waals surface area contributed by atoms with Crippen molar-refractivity contribution < 1.29 is 19.1 Å². The van der Waals surface area contributed by atoms with Crippen LogP contribution in [-0.2, 0) is 20.7 Å². The van der Waals surface area contributed by atoms with Gasteiger partial charge in [-0.15, -0.1) is 0 Å². The van der Waals surface area contributed by atoms with Gasteiger partial charge in [0.15, 0.2) is 0 Å². The van der Waals surface area contributed by atoms with Gasteiger partial charge in [0.25, 0.3) is 0 Å². The lowest BCUT2D eigenvalue weighted by atomic mass is 10.1. The Kier molecular flexibility index (Phi) is 8.38. The lowest BCUT2D eigenvalue weighted by Crippen LogP contribution is -2.22. The number of benzene rings is 1. The van der Waals surface area contributed by atoms with Gasteiger partial charge in [0.1, 0.15) is 11.9 Å². The Morgan fingerprint density at radius 3 is 2.30 bits per heavy atom. The predicted octanol–water partition coefficient (Wildman–Crippen LogP) is 4.30. The maximum atomic E-state index is 11.9. The van der Waals surface area contributed by atoms with Gasteiger partial charge >= 0.3 is 11.9 Å². The summed E-state index contributed by atoms with van der Waals surface area (Å²) in [6.07, 6.45) is 2.47. The molecule has 1 rings (SSSR count). The highest BCUT2D eigenvalue weighted by molar-refractivity contribution is 5.74. The average Bonchev–Trinajstić information content (AvgIpc) is 2.52. The maximum Gasteiger partial charge on any atom is 0.311 e. The second-order valence-electron chi connectivity index (χ2n) is 5.97. The summed E-state index contributed by atoms with van der Waals surface area (Å²) in [6, 6.07) is 7.50. The molecule has 0 aromatic heterocycles. The molecule has 0 saturated heterocycles. The highest BCUT2D eigenvalue weighted by Gasteiger charge is 2.16. The molecular weight excluding hydrogens is 292 g/mol. The van der Waals surface area contributed by atoms with Crippen molar-refractivity contribution in [3.05, 3.63) is 29.8 Å². The number of carbonyl (C=O) groups excluding carboxylic acids is 2. The van der Waals surface area contributed by atoms with E-state index in [0.717, 1.165) is 18.4 Å². The smallest absolute Gasteiger partial charge is 0.311 e. The second-order valence-corrected chi connectivity index (χ2v) is 5.97. The SMILES string of the molecule is CCc1ccccc1OC(=O)CCCC(=O)OC(CC)C(C)C. The summed E-state index contributed by atoms with van der Waals surface area (Å²) in [7, 11) is 0. The molecule has 4 nitrogen and oxygen atoms in total. The molecule has 0 radical (unpaired) electrons. The molecule has 0 N–H and O–H groups in total. The molecule has 0 spiro atoms. The average molecular weight is 320 g/mol. The zero-order valence-electron chi connectivity index (χ0n) is 14.6. The maximum absolute atomic E-state index is 11.9. The van der Waals surface area contributed by atoms with Gasteiger partial charge in [0.05, 0.1) is 0 Å². The molecule has 1 unspecified atom stereocenters. The fourth-order valence-corrected chi connectivity index (χ4v) is 2.36. The van der Waals surface area contributed by atoms with Gasteiger partial charge in [-0.25, -0.2) is 0 Å². The number of rotatable bonds is 9. The van der Waals surface area contributed by atoms with Gasteiger partial charge in [0, 0.05) is 12.8 Å². The number of carbonyl (C=O) groups is 2. The third-order valence-corrected chi connectivity index (χ3v) is 3.77. The molecule has 23 heavy (non-hydrogen) atoms. The molecular formula is C19H28O4. The first-order valence-electron chi connectivity index (χ1n) is 8.45. The van der Waals surface area contributed by atoms with Gasteiger partial charge in [-0.1, -0.05) is 45.9 Å². The first-order valence-corrected chi connectivity index (χ1v) is 8.45. The molecule has 0 bridgehead atoms. The summed E-state index contributed by atoms with van der Waals surface area (Å²) in [5.74, 6) is 0.356. The number of hydrogen-bond donors (Lipinski definition) is 0. The van der Waals surface area contributed by atoms with E-state index in [9.17, 15) is 9.59 Å². The number of esters is 2. The van der Waals surface area contributed by atoms with Crippen LogP contribution in [0.15, 0.2) is 24.3 Å². The van der Waals surface area contributed by atoms with Crippen LogP contribution in [0, 0.1) is 5.92 Å². The summed E-state index contributed by atoms with van der Waals surface area (Å²) in [5, 5.41) is 0. The summed E-state index contributed by atoms with van der Waals surface area (Å²) in [5.41, 5.74) is 1.00. The van der Waals surface area contributed by atoms with Crippen molar-refractivity contribution in [1.29, 1.82) is 0 Å². The molecule has 4 heteroatoms. The highest BCUT2D eigenvalue weighted by Crippen LogP contribution is 2.19. The molecule has 0 amide bonds. The summed E-state index contributed by atoms with van der Waals surface area (Å²) >= 11 is 0. The molecule has 0 fully saturated rings. The number of aryl methyl sites for hydroxylation is 1. The van der Waals surface area contributed by atoms with Crippen molar-refractivity contribution in [2.75, 3.05) is 0 Å². The zero-order chi connectivity index (χ0) is 17.2. The van der Waals surface area contributed by atoms with Crippen LogP contribution in [0.2, 0.25) is 0 Å². The molecule has 1 atom stereocenters. The summed E-state index contributed by atoms with van der Waals surface area (Å²) in [6.45, 7) is 8.08. The summed E-state index contributed by atoms with van der Waals surface area (Å²) in [4.78, 5) is 23.7. The lowest BCUT2D eigenvalue weighted by Gasteiger charge is -2.19. The van der Waals surface area contributed by atoms with Crippen LogP contribution in [-0.4, -0.2) is 18.0 Å². The first-order chi connectivity index (χ1) is 11.0. The van der Waals surface area contributed by atoms with Crippen molar-refractivity contribution >= 4 is 11.9 Å². The van der Waals surface area contributed by atoms with Crippen molar-refractivity contribution in [3.8, 4) is 5.75 Å². The minimum Gasteiger partial charge on any atom is -0.462 e. The Labute approximate surface area is 139 Å². The van der Waals surface area contributed by atoms with E-state index in [2.05, 4.69) is 0 Å². The minimum atomic E-state index is -0.311. The Morgan fingerprint density at radius 1 is 1.04 bits per heavy atom. The van der Waals surface area contributed by atoms with Gasteiger partial charge in [-0.2, -0.15) is 0 Å². The largest absolute Gasteiger partial charge is 0.462 e. The van der Waals surface area contributed by atoms with Crippen LogP contribution < -0.4 is 4.74 Å². The molecule has 1 aromatic carbocycles. The lowest BCUT2D eigenvalue weighted by molar-refractivity contribution is -0.151. The number of hydrogen-bond acceptors (Lipinski definition) is 4. The van der Waals surface area contributed by atoms with E-state index >= 15 is 0 Å². The molecule has 0 aliphatic carbocycles. The molecule has 0 aliphatic rings. The number of para-hydroxylation sites is 1. The van der Waals surface area contributed by atoms with Crippen molar-refractivity contribution in [3.63, 3.8) is 0 Å². The molecule has 0 heterocycles. The van der Waals surface area contributed by atoms with Crippen molar-refractivity contribution in [1.82, 2.24) is 0 Å². The Bertz CT molecular complexity index is 508. The van der Waals surface area contributed by atoms with E-state index in [1.807, 2.05) is 45.9 Å². The van der Waals surface area contributed by atoms with Gasteiger partial charge < -0.3 is 9.47 Å². The summed E-state index contributed by atoms with van der Waals surface area (Å²) < 4.78 is 10.8. The van der Waals surface area contributed by atoms with E-state index in [1.165, 1.54) is 0 Å². The molecule has 0 aliphatic heterocycles. The predicted molar refractivity (Wildman–Crippen MR) is 90.3 cm³/mol.